The zero-order valence-corrected chi connectivity index (χ0v) is 30.5. The van der Waals surface area contributed by atoms with Crippen LogP contribution in [0.25, 0.3) is 11.2 Å². The number of rotatable bonds is 12. The van der Waals surface area contributed by atoms with Crippen molar-refractivity contribution >= 4 is 59.2 Å². The summed E-state index contributed by atoms with van der Waals surface area (Å²) in [6.07, 6.45) is 28.4. The number of unbranched alkanes of at least 4 members (excludes halogenated alkanes) is 3. The third kappa shape index (κ3) is 7.46. The maximum absolute atomic E-state index is 13.8. The molecule has 10 heteroatoms. The van der Waals surface area contributed by atoms with Gasteiger partial charge in [0.2, 0.25) is 5.95 Å². The minimum Gasteiger partial charge on any atom is -0.368 e. The summed E-state index contributed by atoms with van der Waals surface area (Å²) in [6, 6.07) is 5.39. The maximum Gasteiger partial charge on any atom is 0.330 e. The molecule has 0 saturated heterocycles. The van der Waals surface area contributed by atoms with Crippen molar-refractivity contribution in [3.63, 3.8) is 0 Å². The maximum atomic E-state index is 13.8. The molecule has 3 fully saturated rings. The first-order valence-corrected chi connectivity index (χ1v) is 21.4. The van der Waals surface area contributed by atoms with Gasteiger partial charge in [0.25, 0.3) is 0 Å². The van der Waals surface area contributed by atoms with Gasteiger partial charge < -0.3 is 5.73 Å². The van der Waals surface area contributed by atoms with Crippen LogP contribution in [-0.4, -0.2) is 42.2 Å². The summed E-state index contributed by atoms with van der Waals surface area (Å²) in [7, 11) is -1.04. The molecule has 6 nitrogen and oxygen atoms in total. The van der Waals surface area contributed by atoms with Crippen molar-refractivity contribution in [1.29, 1.82) is 0 Å². The molecule has 3 aliphatic carbocycles. The molecule has 3 aromatic rings. The molecule has 0 atom stereocenters. The van der Waals surface area contributed by atoms with E-state index in [0.29, 0.717) is 34.3 Å². The number of benzene rings is 1. The Kier molecular flexibility index (Phi) is 12.0. The van der Waals surface area contributed by atoms with Gasteiger partial charge >= 0.3 is 5.69 Å². The van der Waals surface area contributed by atoms with E-state index < -0.39 is 7.26 Å². The van der Waals surface area contributed by atoms with Gasteiger partial charge in [0.1, 0.15) is 5.52 Å². The number of aryl methyl sites for hydroxylation is 1. The van der Waals surface area contributed by atoms with Crippen molar-refractivity contribution in [1.82, 2.24) is 19.1 Å². The fraction of sp³-hybridized carbons (Fsp3) is 0.694. The lowest BCUT2D eigenvalue weighted by molar-refractivity contribution is 0.449. The molecule has 2 aromatic heterocycles. The molecule has 2 heterocycles. The molecule has 1 aromatic carbocycles. The molecule has 252 valence electrons. The van der Waals surface area contributed by atoms with Crippen LogP contribution in [0, 0.1) is 0 Å². The SMILES string of the molecule is Nc1nc(Cl)c2c(n1)n(Cc1ccc(Cl)c(Cl)c1)c(=O)n2CCCCCC[P+](C1CCCCC1)(C1CCCCC1)C1CCCCC1. The Bertz CT molecular complexity index is 1480. The van der Waals surface area contributed by atoms with Crippen molar-refractivity contribution in [3.8, 4) is 0 Å². The number of anilines is 1. The molecule has 3 aliphatic rings. The minimum absolute atomic E-state index is 0.0539. The topological polar surface area (TPSA) is 78.7 Å². The summed E-state index contributed by atoms with van der Waals surface area (Å²) >= 11 is 19.0. The molecule has 0 spiro atoms. The number of halogens is 3. The van der Waals surface area contributed by atoms with Gasteiger partial charge in [0, 0.05) is 13.8 Å². The summed E-state index contributed by atoms with van der Waals surface area (Å²) in [5.41, 5.74) is 10.8. The summed E-state index contributed by atoms with van der Waals surface area (Å²) in [4.78, 5) is 22.4. The molecule has 46 heavy (non-hydrogen) atoms. The number of hydrogen-bond donors (Lipinski definition) is 1. The predicted octanol–water partition coefficient (Wildman–Crippen LogP) is 10.8. The molecule has 0 aliphatic heterocycles. The molecule has 0 amide bonds. The molecule has 0 radical (unpaired) electrons. The summed E-state index contributed by atoms with van der Waals surface area (Å²) in [5.74, 6) is 0.0539. The Morgan fingerprint density at radius 2 is 1.28 bits per heavy atom. The quantitative estimate of drug-likeness (QED) is 0.115. The first-order chi connectivity index (χ1) is 22.4. The third-order valence-corrected chi connectivity index (χ3v) is 19.3. The van der Waals surface area contributed by atoms with Crippen molar-refractivity contribution in [2.24, 2.45) is 0 Å². The molecular weight excluding hydrogens is 656 g/mol. The standard InChI is InChI=1S/C36H52Cl3N5OP/c37-30-21-20-26(24-31(30)38)25-44-34-32(33(39)41-35(40)42-34)43(36(44)45)22-12-1-2-13-23-46(27-14-6-3-7-15-27,28-16-8-4-9-17-28)29-18-10-5-11-19-29/h20-21,24,27-29H,1-19,22-23,25H2,(H2,40,41,42)/q+1. The lowest BCUT2D eigenvalue weighted by Gasteiger charge is -2.49. The van der Waals surface area contributed by atoms with Gasteiger partial charge in [-0.1, -0.05) is 66.6 Å². The van der Waals surface area contributed by atoms with Gasteiger partial charge in [0.05, 0.1) is 39.7 Å². The van der Waals surface area contributed by atoms with E-state index in [1.54, 1.807) is 21.3 Å². The van der Waals surface area contributed by atoms with Crippen LogP contribution < -0.4 is 11.4 Å². The Balaban J connectivity index is 1.16. The van der Waals surface area contributed by atoms with Crippen molar-refractivity contribution in [2.45, 2.75) is 152 Å². The van der Waals surface area contributed by atoms with Crippen molar-refractivity contribution in [3.05, 3.63) is 49.4 Å². The largest absolute Gasteiger partial charge is 0.368 e. The molecule has 0 unspecified atom stereocenters. The summed E-state index contributed by atoms with van der Waals surface area (Å²) in [5, 5.41) is 1.14. The van der Waals surface area contributed by atoms with Crippen LogP contribution in [0.4, 0.5) is 5.95 Å². The second kappa shape index (κ2) is 15.9. The Morgan fingerprint density at radius 1 is 0.717 bits per heavy atom. The monoisotopic (exact) mass is 706 g/mol. The Labute approximate surface area is 290 Å². The highest BCUT2D eigenvalue weighted by Gasteiger charge is 2.56. The molecule has 2 N–H and O–H groups in total. The highest BCUT2D eigenvalue weighted by atomic mass is 35.5. The predicted molar refractivity (Wildman–Crippen MR) is 198 cm³/mol. The number of fused-ring (bicyclic) bond motifs is 1. The highest BCUT2D eigenvalue weighted by molar-refractivity contribution is 7.77. The van der Waals surface area contributed by atoms with Crippen LogP contribution in [0.5, 0.6) is 0 Å². The van der Waals surface area contributed by atoms with E-state index in [1.807, 2.05) is 6.07 Å². The fourth-order valence-corrected chi connectivity index (χ4v) is 17.7. The van der Waals surface area contributed by atoms with E-state index >= 15 is 0 Å². The van der Waals surface area contributed by atoms with E-state index in [2.05, 4.69) is 9.97 Å². The number of nitrogens with zero attached hydrogens (tertiary/aromatic N) is 4. The number of aromatic nitrogens is 4. The lowest BCUT2D eigenvalue weighted by atomic mass is 9.99. The lowest BCUT2D eigenvalue weighted by Crippen LogP contribution is -2.37. The fourth-order valence-electron chi connectivity index (χ4n) is 9.49. The molecular formula is C36H52Cl3N5OP+. The summed E-state index contributed by atoms with van der Waals surface area (Å²) in [6.45, 7) is 0.881. The van der Waals surface area contributed by atoms with Gasteiger partial charge in [-0.25, -0.2) is 4.79 Å². The number of imidazole rings is 1. The van der Waals surface area contributed by atoms with Crippen LogP contribution in [0.15, 0.2) is 23.0 Å². The zero-order valence-electron chi connectivity index (χ0n) is 27.4. The van der Waals surface area contributed by atoms with Crippen molar-refractivity contribution < 1.29 is 0 Å². The van der Waals surface area contributed by atoms with Gasteiger partial charge in [-0.15, -0.1) is 0 Å². The van der Waals surface area contributed by atoms with Gasteiger partial charge in [-0.05, 0) is 114 Å². The van der Waals surface area contributed by atoms with Crippen LogP contribution in [-0.2, 0) is 13.1 Å². The van der Waals surface area contributed by atoms with Crippen molar-refractivity contribution in [2.75, 3.05) is 11.9 Å². The Morgan fingerprint density at radius 3 is 1.85 bits per heavy atom. The normalized spacial score (nSPS) is 19.3. The van der Waals surface area contributed by atoms with E-state index in [4.69, 9.17) is 40.5 Å². The summed E-state index contributed by atoms with van der Waals surface area (Å²) < 4.78 is 3.37. The smallest absolute Gasteiger partial charge is 0.330 e. The minimum atomic E-state index is -1.04. The highest BCUT2D eigenvalue weighted by Crippen LogP contribution is 2.77. The number of nitrogens with two attached hydrogens (primary N) is 1. The van der Waals surface area contributed by atoms with Gasteiger partial charge in [0.15, 0.2) is 10.8 Å². The van der Waals surface area contributed by atoms with Gasteiger partial charge in [-0.3, -0.25) is 9.13 Å². The number of hydrogen-bond acceptors (Lipinski definition) is 4. The third-order valence-electron chi connectivity index (χ3n) is 11.6. The van der Waals surface area contributed by atoms with Crippen LogP contribution >= 0.6 is 42.1 Å². The van der Waals surface area contributed by atoms with Crippen LogP contribution in [0.1, 0.15) is 128 Å². The second-order valence-corrected chi connectivity index (χ2v) is 20.1. The van der Waals surface area contributed by atoms with Crippen LogP contribution in [0.2, 0.25) is 15.2 Å². The number of nitrogen functional groups attached to an aromatic ring is 1. The molecule has 3 saturated carbocycles. The first-order valence-electron chi connectivity index (χ1n) is 18.1. The molecule has 0 bridgehead atoms. The average molecular weight is 708 g/mol. The second-order valence-electron chi connectivity index (χ2n) is 14.3. The first kappa shape index (κ1) is 34.5. The van der Waals surface area contributed by atoms with E-state index in [0.717, 1.165) is 35.4 Å². The van der Waals surface area contributed by atoms with E-state index in [-0.39, 0.29) is 16.8 Å². The van der Waals surface area contributed by atoms with E-state index in [1.165, 1.54) is 115 Å². The zero-order chi connectivity index (χ0) is 32.1. The average Bonchev–Trinajstić information content (AvgIpc) is 3.33. The van der Waals surface area contributed by atoms with Crippen LogP contribution in [0.3, 0.4) is 0 Å². The van der Waals surface area contributed by atoms with E-state index in [9.17, 15) is 4.79 Å². The Hall–Kier alpha value is -1.33. The molecule has 6 rings (SSSR count). The van der Waals surface area contributed by atoms with Gasteiger partial charge in [-0.2, -0.15) is 9.97 Å².